The van der Waals surface area contributed by atoms with E-state index in [9.17, 15) is 156 Å². The first-order valence-corrected chi connectivity index (χ1v) is 116. The highest BCUT2D eigenvalue weighted by atomic mass is 30.1. The first kappa shape index (κ1) is 83.4. The van der Waals surface area contributed by atoms with Crippen molar-refractivity contribution in [1.82, 2.24) is 0 Å². The number of hydrogen-bond donors (Lipinski definition) is 0. The van der Waals surface area contributed by atoms with Crippen LogP contribution in [-0.2, 0) is 164 Å². The Kier molecular flexibility index (Phi) is 37.7. The Morgan fingerprint density at radius 2 is 0.354 bits per heavy atom. The van der Waals surface area contributed by atoms with Gasteiger partial charge in [-0.05, 0) is 39.3 Å². The van der Waals surface area contributed by atoms with Gasteiger partial charge in [-0.3, -0.25) is 0 Å². The van der Waals surface area contributed by atoms with Crippen molar-refractivity contribution in [2.24, 2.45) is 0 Å². The molecule has 0 spiro atoms. The van der Waals surface area contributed by atoms with E-state index in [1.807, 2.05) is 0 Å². The lowest BCUT2D eigenvalue weighted by Gasteiger charge is -2.21. The van der Waals surface area contributed by atoms with E-state index >= 15 is 0 Å². The third kappa shape index (κ3) is 22.3. The van der Waals surface area contributed by atoms with Crippen molar-refractivity contribution < 1.29 is 164 Å². The Bertz CT molecular complexity index is 3480. The van der Waals surface area contributed by atoms with Crippen LogP contribution in [-0.4, -0.2) is 305 Å². The van der Waals surface area contributed by atoms with Gasteiger partial charge in [-0.15, -0.1) is 0 Å². The van der Waals surface area contributed by atoms with E-state index in [1.54, 1.807) is 26.2 Å². The van der Waals surface area contributed by atoms with Crippen LogP contribution in [0.25, 0.3) is 0 Å². The summed E-state index contributed by atoms with van der Waals surface area (Å²) >= 11 is 0. The summed E-state index contributed by atoms with van der Waals surface area (Å²) in [5.74, 6) is 0. The highest BCUT2D eigenvalue weighted by Crippen LogP contribution is 2.07. The second kappa shape index (κ2) is 37.0. The molecule has 0 saturated heterocycles. The molecular weight excluding hydrogens is 1760 g/mol. The van der Waals surface area contributed by atoms with Gasteiger partial charge in [0.05, 0.1) is 0 Å². The van der Waals surface area contributed by atoms with Crippen molar-refractivity contribution >= 4 is 305 Å². The molecule has 424 valence electrons. The molecule has 0 aromatic rings. The van der Waals surface area contributed by atoms with Crippen LogP contribution < -0.4 is 0 Å². The van der Waals surface area contributed by atoms with Crippen LogP contribution >= 0.6 is 0 Å². The normalized spacial score (nSPS) is 10.6. The lowest BCUT2D eigenvalue weighted by atomic mass is 11.9. The summed E-state index contributed by atoms with van der Waals surface area (Å²) in [6.07, 6.45) is 0. The van der Waals surface area contributed by atoms with Gasteiger partial charge in [0.2, 0.25) is 17.1 Å². The van der Waals surface area contributed by atoms with Gasteiger partial charge in [-0.2, -0.15) is 0 Å². The molecular formula is C6H22O37Si39. The molecule has 0 radical (unpaired) electrons. The second-order valence-corrected chi connectivity index (χ2v) is 202. The summed E-state index contributed by atoms with van der Waals surface area (Å²) in [5.41, 5.74) is 0. The van der Waals surface area contributed by atoms with Crippen LogP contribution in [0.1, 0.15) is 0 Å². The molecule has 0 rings (SSSR count). The average Bonchev–Trinajstić information content (AvgIpc) is 3.47. The minimum absolute atomic E-state index is 1.34. The topological polar surface area (TPSA) is 616 Å². The van der Waals surface area contributed by atoms with Gasteiger partial charge in [0.15, 0.2) is 18.1 Å². The Morgan fingerprint density at radius 1 is 0.220 bits per heavy atom. The quantitative estimate of drug-likeness (QED) is 0.0514. The first-order valence-electron chi connectivity index (χ1n) is 20.5. The Morgan fingerprint density at radius 3 is 0.488 bits per heavy atom. The molecule has 0 aliphatic carbocycles. The van der Waals surface area contributed by atoms with Crippen molar-refractivity contribution in [3.05, 3.63) is 0 Å². The zero-order valence-corrected chi connectivity index (χ0v) is 80.7. The molecule has 0 fully saturated rings. The maximum Gasteiger partial charge on any atom is 0.381 e. The zero-order valence-electron chi connectivity index (χ0n) is 41.0. The van der Waals surface area contributed by atoms with Gasteiger partial charge in [0.25, 0.3) is 0 Å². The van der Waals surface area contributed by atoms with Crippen molar-refractivity contribution in [3.8, 4) is 0 Å². The van der Waals surface area contributed by atoms with E-state index in [-0.39, 0.29) is 0 Å². The summed E-state index contributed by atoms with van der Waals surface area (Å²) in [6.45, 7) is 9.25. The van der Waals surface area contributed by atoms with Crippen LogP contribution in [0.5, 0.6) is 0 Å². The van der Waals surface area contributed by atoms with E-state index in [0.717, 1.165) is 0 Å². The number of rotatable bonds is 40. The summed E-state index contributed by atoms with van der Waals surface area (Å²) < 4.78 is 456. The molecule has 0 atom stereocenters. The van der Waals surface area contributed by atoms with Crippen LogP contribution in [0.4, 0.5) is 0 Å². The molecule has 0 N–H and O–H groups in total. The Balaban J connectivity index is 5.95. The maximum atomic E-state index is 12.8. The van der Waals surface area contributed by atoms with Crippen molar-refractivity contribution in [2.75, 3.05) is 0 Å². The lowest BCUT2D eigenvalue weighted by molar-refractivity contribution is 0.531. The van der Waals surface area contributed by atoms with Gasteiger partial charge < -0.3 is 164 Å². The van der Waals surface area contributed by atoms with Gasteiger partial charge in [0, 0.05) is 0 Å². The van der Waals surface area contributed by atoms with Gasteiger partial charge in [0.1, 0.15) is 0 Å². The Hall–Kier alpha value is 1.38. The minimum atomic E-state index is -4.79. The molecule has 82 heavy (non-hydrogen) atoms. The second-order valence-electron chi connectivity index (χ2n) is 15.7. The lowest BCUT2D eigenvalue weighted by Crippen LogP contribution is -2.58. The van der Waals surface area contributed by atoms with Crippen LogP contribution in [0.3, 0.4) is 0 Å². The summed E-state index contributed by atoms with van der Waals surface area (Å²) in [6, 6.07) is 0. The maximum absolute atomic E-state index is 12.8. The van der Waals surface area contributed by atoms with E-state index in [4.69, 9.17) is 8.23 Å². The zero-order chi connectivity index (χ0) is 65.0. The van der Waals surface area contributed by atoms with Crippen LogP contribution in [0.2, 0.25) is 39.3 Å². The third-order valence-corrected chi connectivity index (χ3v) is 305. The monoisotopic (exact) mass is 1780 g/mol. The van der Waals surface area contributed by atoms with E-state index in [2.05, 4.69) is 0 Å². The molecule has 37 nitrogen and oxygen atoms in total. The summed E-state index contributed by atoms with van der Waals surface area (Å²) in [5, 5.41) is 0. The molecule has 0 heterocycles. The van der Waals surface area contributed by atoms with Gasteiger partial charge in [-0.1, -0.05) is 0 Å². The largest absolute Gasteiger partial charge is 0.460 e. The van der Waals surface area contributed by atoms with E-state index in [1.165, 1.54) is 13.1 Å². The van der Waals surface area contributed by atoms with E-state index in [0.29, 0.717) is 0 Å². The predicted octanol–water partition coefficient (Wildman–Crippen LogP) is -16.7. The molecule has 0 aliphatic rings. The Labute approximate surface area is 503 Å². The predicted molar refractivity (Wildman–Crippen MR) is 291 cm³/mol. The highest BCUT2D eigenvalue weighted by Gasteiger charge is 2.60. The molecule has 0 aliphatic heterocycles. The molecule has 0 amide bonds. The van der Waals surface area contributed by atoms with Gasteiger partial charge in [-0.25, -0.2) is 0 Å². The molecule has 0 aromatic heterocycles. The molecule has 0 aromatic carbocycles. The summed E-state index contributed by atoms with van der Waals surface area (Å²) in [4.78, 5) is 0. The molecule has 0 bridgehead atoms. The van der Waals surface area contributed by atoms with Crippen molar-refractivity contribution in [1.29, 1.82) is 0 Å². The minimum Gasteiger partial charge on any atom is -0.460 e. The fourth-order valence-electron chi connectivity index (χ4n) is 4.65. The van der Waals surface area contributed by atoms with Crippen LogP contribution in [0, 0.1) is 0 Å². The first-order chi connectivity index (χ1) is 37.2. The van der Waals surface area contributed by atoms with Gasteiger partial charge >= 0.3 is 270 Å². The van der Waals surface area contributed by atoms with Crippen LogP contribution in [0.15, 0.2) is 0 Å². The molecule has 76 heteroatoms. The average molecular weight is 1780 g/mol. The smallest absolute Gasteiger partial charge is 0.381 e. The van der Waals surface area contributed by atoms with Crippen molar-refractivity contribution in [2.45, 2.75) is 39.3 Å². The standard InChI is InChI=1S/C6H22O37Si39/c1-45(2)42-44-47(7)48(8)49(9)50(10)51(11)52(12)53(13)54(14)55(15)56(16)57(17)58(18)59(19)60(20)61(21)62(22)63(23)64(24)65(25)66(26)67(27)68(28)69(29)70(30)71(31)72(32)73(33)74(34)75(35)76(36)77(37)78(38)79(39)80(40)81(41)82(5,6)43-46(3)4/h45-46H,44H2,1-6H3. The fourth-order valence-corrected chi connectivity index (χ4v) is 448. The van der Waals surface area contributed by atoms with Crippen molar-refractivity contribution in [3.63, 3.8) is 0 Å². The third-order valence-electron chi connectivity index (χ3n) is 8.68. The molecule has 0 unspecified atom stereocenters. The highest BCUT2D eigenvalue weighted by molar-refractivity contribution is 7.86. The molecule has 0 saturated carbocycles. The fraction of sp³-hybridized carbons (Fsp3) is 1.00. The van der Waals surface area contributed by atoms with E-state index < -0.39 is 305 Å². The SMILES string of the molecule is C[SiH](C)O[SiH2][Si](=O)[Si](=O)[Si](=O)[Si](=O)[Si](=O)[Si](=O)[Si](=O)[Si](=O)[Si](=O)[Si](=O)[Si](=O)[Si](=O)[Si](=O)[Si](=O)[Si](=O)[Si](=O)[Si](=O)[Si](=O)[Si](=O)[Si](=O)[Si](=O)[Si](=O)[Si](=O)[Si](=O)[Si](=O)[Si](=O)[Si](=O)[Si](=O)[Si](=O)[Si](=O)[Si](=O)[Si](=O)[Si](=O)[Si](=O)[Si](=O)[Si](C)(C)O[SiH](C)C. The number of hydrogen-bond acceptors (Lipinski definition) is 37. The summed E-state index contributed by atoms with van der Waals surface area (Å²) in [7, 11) is -166.